The van der Waals surface area contributed by atoms with Gasteiger partial charge in [-0.15, -0.1) is 21.5 Å². The molecule has 0 fully saturated rings. The van der Waals surface area contributed by atoms with Crippen molar-refractivity contribution in [2.45, 2.75) is 45.3 Å². The van der Waals surface area contributed by atoms with Crippen LogP contribution in [0.1, 0.15) is 30.7 Å². The van der Waals surface area contributed by atoms with Gasteiger partial charge in [0, 0.05) is 40.2 Å². The number of carbonyl (C=O) groups excluding carboxylic acids is 1. The minimum Gasteiger partial charge on any atom is -0.325 e. The summed E-state index contributed by atoms with van der Waals surface area (Å²) in [5.41, 5.74) is 2.90. The van der Waals surface area contributed by atoms with Crippen LogP contribution in [0.4, 0.5) is 11.4 Å². The number of nitrogens with one attached hydrogen (secondary N) is 1. The SMILES string of the molecule is CCCn1c(SCC(=O)Nc2ccc([N+](=O)[O-])cc2)nnc1-c1csc(C)c1CC. The fraction of sp³-hybridized carbons (Fsp3) is 0.350. The second-order valence-corrected chi connectivity index (χ2v) is 8.66. The van der Waals surface area contributed by atoms with Gasteiger partial charge < -0.3 is 9.88 Å². The number of hydrogen-bond acceptors (Lipinski definition) is 7. The molecule has 3 aromatic rings. The van der Waals surface area contributed by atoms with Gasteiger partial charge in [0.15, 0.2) is 11.0 Å². The lowest BCUT2D eigenvalue weighted by Gasteiger charge is -2.10. The van der Waals surface area contributed by atoms with E-state index >= 15 is 0 Å². The summed E-state index contributed by atoms with van der Waals surface area (Å²) in [5, 5.41) is 25.1. The van der Waals surface area contributed by atoms with Crippen molar-refractivity contribution >= 4 is 40.4 Å². The highest BCUT2D eigenvalue weighted by molar-refractivity contribution is 7.99. The van der Waals surface area contributed by atoms with Crippen molar-refractivity contribution in [3.63, 3.8) is 0 Å². The zero-order chi connectivity index (χ0) is 21.7. The van der Waals surface area contributed by atoms with Gasteiger partial charge in [-0.2, -0.15) is 0 Å². The first-order chi connectivity index (χ1) is 14.4. The van der Waals surface area contributed by atoms with Crippen LogP contribution in [-0.4, -0.2) is 31.3 Å². The van der Waals surface area contributed by atoms with E-state index in [2.05, 4.69) is 46.2 Å². The van der Waals surface area contributed by atoms with Crippen molar-refractivity contribution in [1.82, 2.24) is 14.8 Å². The van der Waals surface area contributed by atoms with Gasteiger partial charge in [0.25, 0.3) is 5.69 Å². The second kappa shape index (κ2) is 9.86. The first kappa shape index (κ1) is 22.0. The number of thiophene rings is 1. The number of amides is 1. The lowest BCUT2D eigenvalue weighted by Crippen LogP contribution is -2.14. The van der Waals surface area contributed by atoms with E-state index in [-0.39, 0.29) is 17.3 Å². The van der Waals surface area contributed by atoms with Crippen molar-refractivity contribution in [1.29, 1.82) is 0 Å². The highest BCUT2D eigenvalue weighted by Gasteiger charge is 2.19. The predicted molar refractivity (Wildman–Crippen MR) is 120 cm³/mol. The van der Waals surface area contributed by atoms with Gasteiger partial charge in [0.2, 0.25) is 5.91 Å². The molecule has 0 aliphatic rings. The highest BCUT2D eigenvalue weighted by Crippen LogP contribution is 2.32. The standard InChI is InChI=1S/C20H23N5O3S2/c1-4-10-24-19(17-11-29-13(3)16(17)5-2)22-23-20(24)30-12-18(26)21-14-6-8-15(9-7-14)25(27)28/h6-9,11H,4-5,10,12H2,1-3H3,(H,21,26). The molecule has 0 bridgehead atoms. The van der Waals surface area contributed by atoms with Gasteiger partial charge in [-0.3, -0.25) is 14.9 Å². The molecule has 0 saturated heterocycles. The smallest absolute Gasteiger partial charge is 0.269 e. The van der Waals surface area contributed by atoms with Crippen molar-refractivity contribution in [2.24, 2.45) is 0 Å². The molecule has 1 aromatic carbocycles. The van der Waals surface area contributed by atoms with E-state index in [1.54, 1.807) is 11.3 Å². The van der Waals surface area contributed by atoms with Crippen LogP contribution in [-0.2, 0) is 17.8 Å². The van der Waals surface area contributed by atoms with Gasteiger partial charge in [0.05, 0.1) is 10.7 Å². The second-order valence-electron chi connectivity index (χ2n) is 6.64. The van der Waals surface area contributed by atoms with Gasteiger partial charge in [0.1, 0.15) is 0 Å². The van der Waals surface area contributed by atoms with E-state index in [1.807, 2.05) is 0 Å². The number of carbonyl (C=O) groups is 1. The summed E-state index contributed by atoms with van der Waals surface area (Å²) in [6.45, 7) is 7.12. The Morgan fingerprint density at radius 3 is 2.63 bits per heavy atom. The van der Waals surface area contributed by atoms with Gasteiger partial charge in [-0.1, -0.05) is 25.6 Å². The lowest BCUT2D eigenvalue weighted by atomic mass is 10.1. The molecule has 158 valence electrons. The minimum absolute atomic E-state index is 0.0160. The van der Waals surface area contributed by atoms with E-state index < -0.39 is 4.92 Å². The van der Waals surface area contributed by atoms with Crippen LogP contribution in [0.25, 0.3) is 11.4 Å². The molecule has 0 saturated carbocycles. The van der Waals surface area contributed by atoms with E-state index in [1.165, 1.54) is 46.5 Å². The number of nitro groups is 1. The number of hydrogen-bond donors (Lipinski definition) is 1. The van der Waals surface area contributed by atoms with E-state index in [4.69, 9.17) is 0 Å². The Labute approximate surface area is 182 Å². The molecule has 0 aliphatic carbocycles. The molecule has 3 rings (SSSR count). The zero-order valence-electron chi connectivity index (χ0n) is 17.0. The molecular formula is C20H23N5O3S2. The van der Waals surface area contributed by atoms with Crippen molar-refractivity contribution in [2.75, 3.05) is 11.1 Å². The number of non-ortho nitro benzene ring substituents is 1. The number of aryl methyl sites for hydroxylation is 1. The summed E-state index contributed by atoms with van der Waals surface area (Å²) in [5.74, 6) is 0.806. The summed E-state index contributed by atoms with van der Waals surface area (Å²) < 4.78 is 2.07. The summed E-state index contributed by atoms with van der Waals surface area (Å²) >= 11 is 3.05. The number of rotatable bonds is 9. The maximum atomic E-state index is 12.3. The van der Waals surface area contributed by atoms with Crippen LogP contribution < -0.4 is 5.32 Å². The Balaban J connectivity index is 1.71. The topological polar surface area (TPSA) is 103 Å². The average Bonchev–Trinajstić information content (AvgIpc) is 3.29. The van der Waals surface area contributed by atoms with Crippen molar-refractivity contribution in [3.8, 4) is 11.4 Å². The fourth-order valence-electron chi connectivity index (χ4n) is 3.12. The third kappa shape index (κ3) is 4.88. The van der Waals surface area contributed by atoms with Crippen LogP contribution in [0.2, 0.25) is 0 Å². The number of anilines is 1. The maximum Gasteiger partial charge on any atom is 0.269 e. The molecule has 2 heterocycles. The number of nitro benzene ring substituents is 1. The largest absolute Gasteiger partial charge is 0.325 e. The Bertz CT molecular complexity index is 1040. The molecule has 10 heteroatoms. The summed E-state index contributed by atoms with van der Waals surface area (Å²) in [6, 6.07) is 5.76. The first-order valence-corrected chi connectivity index (χ1v) is 11.5. The first-order valence-electron chi connectivity index (χ1n) is 9.62. The van der Waals surface area contributed by atoms with E-state index in [9.17, 15) is 14.9 Å². The third-order valence-electron chi connectivity index (χ3n) is 4.56. The maximum absolute atomic E-state index is 12.3. The van der Waals surface area contributed by atoms with E-state index in [0.29, 0.717) is 10.8 Å². The van der Waals surface area contributed by atoms with Crippen LogP contribution in [0.5, 0.6) is 0 Å². The number of aromatic nitrogens is 3. The summed E-state index contributed by atoms with van der Waals surface area (Å²) in [6.07, 6.45) is 1.86. The molecule has 0 unspecified atom stereocenters. The van der Waals surface area contributed by atoms with Gasteiger partial charge in [-0.25, -0.2) is 0 Å². The van der Waals surface area contributed by atoms with Crippen LogP contribution in [0, 0.1) is 17.0 Å². The normalized spacial score (nSPS) is 10.9. The molecule has 0 spiro atoms. The third-order valence-corrected chi connectivity index (χ3v) is 6.48. The lowest BCUT2D eigenvalue weighted by molar-refractivity contribution is -0.384. The van der Waals surface area contributed by atoms with Gasteiger partial charge in [-0.05, 0) is 37.5 Å². The highest BCUT2D eigenvalue weighted by atomic mass is 32.2. The molecule has 0 aliphatic heterocycles. The molecule has 0 atom stereocenters. The van der Waals surface area contributed by atoms with Gasteiger partial charge >= 0.3 is 0 Å². The Hall–Kier alpha value is -2.72. The fourth-order valence-corrected chi connectivity index (χ4v) is 4.82. The summed E-state index contributed by atoms with van der Waals surface area (Å²) in [4.78, 5) is 23.9. The van der Waals surface area contributed by atoms with Crippen molar-refractivity contribution < 1.29 is 9.72 Å². The molecule has 8 nitrogen and oxygen atoms in total. The Morgan fingerprint density at radius 1 is 1.27 bits per heavy atom. The van der Waals surface area contributed by atoms with Crippen LogP contribution >= 0.6 is 23.1 Å². The number of benzene rings is 1. The number of thioether (sulfide) groups is 1. The average molecular weight is 446 g/mol. The molecule has 1 N–H and O–H groups in total. The minimum atomic E-state index is -0.474. The van der Waals surface area contributed by atoms with Crippen molar-refractivity contribution in [3.05, 3.63) is 50.2 Å². The quantitative estimate of drug-likeness (QED) is 0.285. The molecule has 0 radical (unpaired) electrons. The Kier molecular flexibility index (Phi) is 7.22. The molecular weight excluding hydrogens is 422 g/mol. The van der Waals surface area contributed by atoms with E-state index in [0.717, 1.165) is 30.8 Å². The van der Waals surface area contributed by atoms with Crippen LogP contribution in [0.15, 0.2) is 34.8 Å². The molecule has 30 heavy (non-hydrogen) atoms. The molecule has 1 amide bonds. The van der Waals surface area contributed by atoms with Crippen LogP contribution in [0.3, 0.4) is 0 Å². The zero-order valence-corrected chi connectivity index (χ0v) is 18.7. The summed E-state index contributed by atoms with van der Waals surface area (Å²) in [7, 11) is 0. The number of nitrogens with zero attached hydrogens (tertiary/aromatic N) is 4. The monoisotopic (exact) mass is 445 g/mol. The molecule has 2 aromatic heterocycles. The Morgan fingerprint density at radius 2 is 2.00 bits per heavy atom. The predicted octanol–water partition coefficient (Wildman–Crippen LogP) is 4.93.